The number of aryl methyl sites for hydroxylation is 3. The number of sulfonamides is 1. The van der Waals surface area contributed by atoms with E-state index in [2.05, 4.69) is 9.63 Å². The normalized spacial score (nSPS) is 17.2. The molecule has 0 amide bonds. The highest BCUT2D eigenvalue weighted by molar-refractivity contribution is 7.90. The maximum Gasteiger partial charge on any atom is 0.300 e. The summed E-state index contributed by atoms with van der Waals surface area (Å²) < 4.78 is 28.5. The smallest absolute Gasteiger partial charge is 0.284 e. The Kier molecular flexibility index (Phi) is 4.82. The Morgan fingerprint density at radius 2 is 1.74 bits per heavy atom. The van der Waals surface area contributed by atoms with Gasteiger partial charge >= 0.3 is 0 Å². The molecule has 2 rings (SSSR count). The van der Waals surface area contributed by atoms with Crippen molar-refractivity contribution in [2.24, 2.45) is 9.63 Å². The second-order valence-electron chi connectivity index (χ2n) is 5.40. The van der Waals surface area contributed by atoms with Gasteiger partial charge in [0.25, 0.3) is 10.0 Å². The van der Waals surface area contributed by atoms with E-state index in [9.17, 15) is 13.6 Å². The minimum Gasteiger partial charge on any atom is -0.284 e. The van der Waals surface area contributed by atoms with Crippen LogP contribution in [0.2, 0.25) is 0 Å². The van der Waals surface area contributed by atoms with Gasteiger partial charge in [-0.2, -0.15) is 8.42 Å². The van der Waals surface area contributed by atoms with Gasteiger partial charge in [-0.15, -0.1) is 5.11 Å². The molecule has 1 heterocycles. The minimum atomic E-state index is -3.91. The first kappa shape index (κ1) is 17.1. The van der Waals surface area contributed by atoms with Crippen LogP contribution >= 0.6 is 0 Å². The first-order valence-corrected chi connectivity index (χ1v) is 8.46. The van der Waals surface area contributed by atoms with Crippen molar-refractivity contribution in [1.82, 2.24) is 5.06 Å². The van der Waals surface area contributed by atoms with Crippen LogP contribution in [0.4, 0.5) is 0 Å². The Labute approximate surface area is 136 Å². The number of hydrogen-bond donors (Lipinski definition) is 1. The molecule has 0 saturated carbocycles. The van der Waals surface area contributed by atoms with Crippen LogP contribution in [0, 0.1) is 20.8 Å². The molecule has 122 valence electrons. The average molecular weight is 333 g/mol. The van der Waals surface area contributed by atoms with Crippen molar-refractivity contribution >= 4 is 10.0 Å². The molecule has 1 aromatic rings. The predicted octanol–water partition coefficient (Wildman–Crippen LogP) is 3.76. The maximum absolute atomic E-state index is 12.5. The lowest BCUT2D eigenvalue weighted by molar-refractivity contribution is -0.00148. The minimum absolute atomic E-state index is 0.171. The van der Waals surface area contributed by atoms with Crippen molar-refractivity contribution in [3.05, 3.63) is 64.6 Å². The fraction of sp³-hybridized carbons (Fsp3) is 0.250. The number of allylic oxidation sites excluding steroid dienone is 4. The fourth-order valence-electron chi connectivity index (χ4n) is 2.50. The Bertz CT molecular complexity index is 826. The van der Waals surface area contributed by atoms with Gasteiger partial charge < -0.3 is 0 Å². The average Bonchev–Trinajstić information content (AvgIpc) is 2.44. The lowest BCUT2D eigenvalue weighted by Gasteiger charge is -2.16. The van der Waals surface area contributed by atoms with Crippen molar-refractivity contribution in [2.45, 2.75) is 32.6 Å². The van der Waals surface area contributed by atoms with Crippen LogP contribution in [-0.4, -0.2) is 18.7 Å². The Morgan fingerprint density at radius 3 is 2.30 bits per heavy atom. The number of rotatable bonds is 3. The number of hydrogen-bond acceptors (Lipinski definition) is 5. The van der Waals surface area contributed by atoms with E-state index in [0.717, 1.165) is 10.6 Å². The molecular weight excluding hydrogens is 314 g/mol. The standard InChI is InChI=1S/C16H19N3O3S/c1-11-9-12(2)16(13(3)10-11)23(21,22)18-17-14(4)15-7-5-6-8-19(15)20/h5-10,20H,1-4H3/b15-14-,18-17?. The van der Waals surface area contributed by atoms with E-state index in [0.29, 0.717) is 22.5 Å². The molecule has 0 bridgehead atoms. The molecule has 1 aliphatic rings. The van der Waals surface area contributed by atoms with Crippen LogP contribution in [0.1, 0.15) is 23.6 Å². The summed E-state index contributed by atoms with van der Waals surface area (Å²) in [6, 6.07) is 3.59. The van der Waals surface area contributed by atoms with E-state index < -0.39 is 10.0 Å². The molecule has 6 nitrogen and oxygen atoms in total. The molecule has 23 heavy (non-hydrogen) atoms. The first-order valence-electron chi connectivity index (χ1n) is 7.02. The Morgan fingerprint density at radius 1 is 1.13 bits per heavy atom. The highest BCUT2D eigenvalue weighted by Gasteiger charge is 2.19. The molecule has 1 aliphatic heterocycles. The molecule has 0 saturated heterocycles. The number of nitrogens with zero attached hydrogens (tertiary/aromatic N) is 3. The van der Waals surface area contributed by atoms with E-state index in [1.807, 2.05) is 6.92 Å². The molecule has 0 atom stereocenters. The number of hydroxylamine groups is 2. The van der Waals surface area contributed by atoms with Crippen LogP contribution in [0.25, 0.3) is 0 Å². The van der Waals surface area contributed by atoms with Crippen molar-refractivity contribution in [1.29, 1.82) is 0 Å². The highest BCUT2D eigenvalue weighted by Crippen LogP contribution is 2.25. The summed E-state index contributed by atoms with van der Waals surface area (Å²) in [5.41, 5.74) is 2.92. The van der Waals surface area contributed by atoms with E-state index in [-0.39, 0.29) is 4.90 Å². The third-order valence-electron chi connectivity index (χ3n) is 3.37. The van der Waals surface area contributed by atoms with Crippen LogP contribution in [0.15, 0.2) is 62.5 Å². The quantitative estimate of drug-likeness (QED) is 0.854. The summed E-state index contributed by atoms with van der Waals surface area (Å²) in [6.07, 6.45) is 6.40. The van der Waals surface area contributed by atoms with Gasteiger partial charge in [-0.25, -0.2) is 5.06 Å². The van der Waals surface area contributed by atoms with Crippen LogP contribution < -0.4 is 0 Å². The summed E-state index contributed by atoms with van der Waals surface area (Å²) in [4.78, 5) is 0.171. The molecular formula is C16H19N3O3S. The third-order valence-corrected chi connectivity index (χ3v) is 4.83. The molecule has 0 aromatic heterocycles. The second kappa shape index (κ2) is 6.47. The SMILES string of the molecule is C/C(N=NS(=O)(=O)c1c(C)cc(C)cc1C)=C1\C=CC=CN1O. The third kappa shape index (κ3) is 3.75. The van der Waals surface area contributed by atoms with Gasteiger partial charge in [-0.1, -0.05) is 28.3 Å². The van der Waals surface area contributed by atoms with Crippen molar-refractivity contribution < 1.29 is 13.6 Å². The highest BCUT2D eigenvalue weighted by atomic mass is 32.2. The van der Waals surface area contributed by atoms with E-state index in [4.69, 9.17) is 0 Å². The molecule has 7 heteroatoms. The topological polar surface area (TPSA) is 82.3 Å². The lowest BCUT2D eigenvalue weighted by atomic mass is 10.1. The van der Waals surface area contributed by atoms with Crippen LogP contribution in [0.3, 0.4) is 0 Å². The molecule has 0 aliphatic carbocycles. The molecule has 0 spiro atoms. The zero-order valence-corrected chi connectivity index (χ0v) is 14.3. The first-order chi connectivity index (χ1) is 10.7. The summed E-state index contributed by atoms with van der Waals surface area (Å²) in [5.74, 6) is 0. The second-order valence-corrected chi connectivity index (χ2v) is 6.92. The zero-order valence-electron chi connectivity index (χ0n) is 13.5. The van der Waals surface area contributed by atoms with Crippen molar-refractivity contribution in [2.75, 3.05) is 0 Å². The monoisotopic (exact) mass is 333 g/mol. The van der Waals surface area contributed by atoms with Gasteiger partial charge in [0.2, 0.25) is 0 Å². The van der Waals surface area contributed by atoms with Gasteiger partial charge in [-0.05, 0) is 51.0 Å². The largest absolute Gasteiger partial charge is 0.300 e. The van der Waals surface area contributed by atoms with Gasteiger partial charge in [0, 0.05) is 6.20 Å². The summed E-state index contributed by atoms with van der Waals surface area (Å²) in [5, 5.41) is 14.3. The van der Waals surface area contributed by atoms with E-state index in [1.165, 1.54) is 6.20 Å². The van der Waals surface area contributed by atoms with Gasteiger partial charge in [0.05, 0.1) is 16.3 Å². The summed E-state index contributed by atoms with van der Waals surface area (Å²) in [6.45, 7) is 6.96. The van der Waals surface area contributed by atoms with Gasteiger partial charge in [0.15, 0.2) is 0 Å². The molecule has 1 N–H and O–H groups in total. The van der Waals surface area contributed by atoms with Gasteiger partial charge in [-0.3, -0.25) is 5.21 Å². The van der Waals surface area contributed by atoms with E-state index in [1.54, 1.807) is 51.1 Å². The molecule has 0 fully saturated rings. The molecule has 0 radical (unpaired) electrons. The Balaban J connectivity index is 2.41. The molecule has 0 unspecified atom stereocenters. The summed E-state index contributed by atoms with van der Waals surface area (Å²) >= 11 is 0. The predicted molar refractivity (Wildman–Crippen MR) is 87.3 cm³/mol. The lowest BCUT2D eigenvalue weighted by Crippen LogP contribution is -2.12. The maximum atomic E-state index is 12.5. The fourth-order valence-corrected chi connectivity index (χ4v) is 3.74. The van der Waals surface area contributed by atoms with E-state index >= 15 is 0 Å². The number of benzene rings is 1. The van der Waals surface area contributed by atoms with Crippen LogP contribution in [0.5, 0.6) is 0 Å². The molecule has 1 aromatic carbocycles. The Hall–Kier alpha value is -2.25. The van der Waals surface area contributed by atoms with Gasteiger partial charge in [0.1, 0.15) is 0 Å². The summed E-state index contributed by atoms with van der Waals surface area (Å²) in [7, 11) is -3.91. The zero-order chi connectivity index (χ0) is 17.2. The van der Waals surface area contributed by atoms with Crippen molar-refractivity contribution in [3.8, 4) is 0 Å². The van der Waals surface area contributed by atoms with Crippen LogP contribution in [-0.2, 0) is 10.0 Å². The van der Waals surface area contributed by atoms with Crippen molar-refractivity contribution in [3.63, 3.8) is 0 Å².